The quantitative estimate of drug-likeness (QED) is 0.239. The van der Waals surface area contributed by atoms with E-state index >= 15 is 0 Å². The fourth-order valence-electron chi connectivity index (χ4n) is 5.93. The Hall–Kier alpha value is -4.36. The Bertz CT molecular complexity index is 1950. The van der Waals surface area contributed by atoms with Gasteiger partial charge in [0.2, 0.25) is 0 Å². The van der Waals surface area contributed by atoms with Crippen LogP contribution in [0.2, 0.25) is 0 Å². The number of fused-ring (bicyclic) bond motifs is 5. The lowest BCUT2D eigenvalue weighted by Gasteiger charge is -2.23. The number of nitrogens with one attached hydrogen (secondary N) is 1. The zero-order chi connectivity index (χ0) is 25.1. The number of rotatable bonds is 2. The van der Waals surface area contributed by atoms with Gasteiger partial charge in [0.15, 0.2) is 0 Å². The van der Waals surface area contributed by atoms with E-state index in [1.165, 1.54) is 71.2 Å². The predicted molar refractivity (Wildman–Crippen MR) is 160 cm³/mol. The fraction of sp³-hybridized carbons (Fsp3) is 0.111. The van der Waals surface area contributed by atoms with Crippen LogP contribution in [0.1, 0.15) is 26.3 Å². The molecule has 0 saturated heterocycles. The summed E-state index contributed by atoms with van der Waals surface area (Å²) >= 11 is 0. The third-order valence-electron chi connectivity index (χ3n) is 7.76. The first-order chi connectivity index (χ1) is 18.0. The molecule has 0 radical (unpaired) electrons. The van der Waals surface area contributed by atoms with E-state index in [2.05, 4.69) is 141 Å². The SMILES string of the molecule is CC(C)(C)c1ccc2c(-c3cccc4c3[nH]c3ccccc34)c3ccccc3c(-c3ccccc3)c2c1. The third-order valence-corrected chi connectivity index (χ3v) is 7.76. The molecule has 0 aliphatic carbocycles. The van der Waals surface area contributed by atoms with Gasteiger partial charge in [0.1, 0.15) is 0 Å². The van der Waals surface area contributed by atoms with E-state index in [4.69, 9.17) is 0 Å². The van der Waals surface area contributed by atoms with Gasteiger partial charge in [-0.05, 0) is 61.3 Å². The molecule has 0 fully saturated rings. The Morgan fingerprint density at radius 1 is 0.486 bits per heavy atom. The smallest absolute Gasteiger partial charge is 0.0544 e. The van der Waals surface area contributed by atoms with E-state index in [1.807, 2.05) is 0 Å². The van der Waals surface area contributed by atoms with Crippen LogP contribution in [0.3, 0.4) is 0 Å². The van der Waals surface area contributed by atoms with Gasteiger partial charge in [0, 0.05) is 21.9 Å². The van der Waals surface area contributed by atoms with E-state index in [0.717, 1.165) is 0 Å². The molecule has 1 N–H and O–H groups in total. The minimum Gasteiger partial charge on any atom is -0.354 e. The van der Waals surface area contributed by atoms with Crippen LogP contribution in [-0.4, -0.2) is 4.98 Å². The normalized spacial score (nSPS) is 12.2. The summed E-state index contributed by atoms with van der Waals surface area (Å²) in [5.74, 6) is 0. The second-order valence-corrected chi connectivity index (χ2v) is 11.1. The summed E-state index contributed by atoms with van der Waals surface area (Å²) in [6, 6.07) is 42.2. The second kappa shape index (κ2) is 8.08. The van der Waals surface area contributed by atoms with Gasteiger partial charge in [-0.2, -0.15) is 0 Å². The molecule has 1 aromatic heterocycles. The zero-order valence-electron chi connectivity index (χ0n) is 21.5. The molecule has 7 aromatic rings. The van der Waals surface area contributed by atoms with E-state index in [-0.39, 0.29) is 5.41 Å². The van der Waals surface area contributed by atoms with Crippen LogP contribution in [0.5, 0.6) is 0 Å². The fourth-order valence-corrected chi connectivity index (χ4v) is 5.93. The maximum Gasteiger partial charge on any atom is 0.0544 e. The molecular formula is C36H29N. The van der Waals surface area contributed by atoms with Gasteiger partial charge in [-0.15, -0.1) is 0 Å². The van der Waals surface area contributed by atoms with Gasteiger partial charge in [-0.3, -0.25) is 0 Å². The van der Waals surface area contributed by atoms with Crippen molar-refractivity contribution in [1.82, 2.24) is 4.98 Å². The Morgan fingerprint density at radius 3 is 1.86 bits per heavy atom. The minimum absolute atomic E-state index is 0.0607. The molecule has 0 bridgehead atoms. The van der Waals surface area contributed by atoms with Crippen LogP contribution >= 0.6 is 0 Å². The molecule has 178 valence electrons. The van der Waals surface area contributed by atoms with Crippen molar-refractivity contribution < 1.29 is 0 Å². The van der Waals surface area contributed by atoms with Crippen LogP contribution in [0.4, 0.5) is 0 Å². The Balaban J connectivity index is 1.69. The molecule has 6 aromatic carbocycles. The highest BCUT2D eigenvalue weighted by molar-refractivity contribution is 6.24. The van der Waals surface area contributed by atoms with Crippen LogP contribution in [0, 0.1) is 0 Å². The number of aromatic amines is 1. The van der Waals surface area contributed by atoms with Crippen molar-refractivity contribution in [3.63, 3.8) is 0 Å². The van der Waals surface area contributed by atoms with E-state index in [9.17, 15) is 0 Å². The van der Waals surface area contributed by atoms with Gasteiger partial charge >= 0.3 is 0 Å². The van der Waals surface area contributed by atoms with Gasteiger partial charge in [0.05, 0.1) is 5.52 Å². The highest BCUT2D eigenvalue weighted by Gasteiger charge is 2.21. The largest absolute Gasteiger partial charge is 0.354 e. The molecule has 1 heteroatoms. The number of benzene rings is 6. The monoisotopic (exact) mass is 475 g/mol. The maximum atomic E-state index is 3.76. The van der Waals surface area contributed by atoms with Gasteiger partial charge in [-0.1, -0.05) is 124 Å². The predicted octanol–water partition coefficient (Wildman–Crippen LogP) is 10.3. The second-order valence-electron chi connectivity index (χ2n) is 11.1. The first kappa shape index (κ1) is 21.9. The van der Waals surface area contributed by atoms with Crippen molar-refractivity contribution in [1.29, 1.82) is 0 Å². The average Bonchev–Trinajstić information content (AvgIpc) is 3.30. The summed E-state index contributed by atoms with van der Waals surface area (Å²) in [6.07, 6.45) is 0. The van der Waals surface area contributed by atoms with Gasteiger partial charge < -0.3 is 4.98 Å². The average molecular weight is 476 g/mol. The summed E-state index contributed by atoms with van der Waals surface area (Å²) in [5.41, 5.74) is 8.89. The Morgan fingerprint density at radius 2 is 1.11 bits per heavy atom. The molecule has 0 aliphatic rings. The summed E-state index contributed by atoms with van der Waals surface area (Å²) in [7, 11) is 0. The summed E-state index contributed by atoms with van der Waals surface area (Å²) < 4.78 is 0. The molecule has 0 unspecified atom stereocenters. The number of hydrogen-bond donors (Lipinski definition) is 1. The highest BCUT2D eigenvalue weighted by atomic mass is 14.7. The first-order valence-electron chi connectivity index (χ1n) is 13.0. The lowest BCUT2D eigenvalue weighted by atomic mass is 9.81. The molecule has 0 amide bonds. The maximum absolute atomic E-state index is 3.76. The lowest BCUT2D eigenvalue weighted by molar-refractivity contribution is 0.591. The van der Waals surface area contributed by atoms with Crippen molar-refractivity contribution in [2.45, 2.75) is 26.2 Å². The molecule has 0 spiro atoms. The molecule has 1 heterocycles. The van der Waals surface area contributed by atoms with Crippen LogP contribution in [0.15, 0.2) is 115 Å². The third kappa shape index (κ3) is 3.38. The summed E-state index contributed by atoms with van der Waals surface area (Å²) in [5, 5.41) is 7.70. The van der Waals surface area contributed by atoms with E-state index in [1.54, 1.807) is 0 Å². The number of aromatic nitrogens is 1. The highest BCUT2D eigenvalue weighted by Crippen LogP contribution is 2.46. The number of hydrogen-bond acceptors (Lipinski definition) is 0. The molecule has 0 atom stereocenters. The molecule has 0 saturated carbocycles. The first-order valence-corrected chi connectivity index (χ1v) is 13.0. The summed E-state index contributed by atoms with van der Waals surface area (Å²) in [6.45, 7) is 6.89. The van der Waals surface area contributed by atoms with Crippen molar-refractivity contribution in [2.24, 2.45) is 0 Å². The zero-order valence-corrected chi connectivity index (χ0v) is 21.5. The topological polar surface area (TPSA) is 15.8 Å². The van der Waals surface area contributed by atoms with Crippen LogP contribution in [-0.2, 0) is 5.41 Å². The van der Waals surface area contributed by atoms with Crippen molar-refractivity contribution in [3.05, 3.63) is 121 Å². The molecular weight excluding hydrogens is 446 g/mol. The molecule has 37 heavy (non-hydrogen) atoms. The van der Waals surface area contributed by atoms with Crippen molar-refractivity contribution in [2.75, 3.05) is 0 Å². The summed E-state index contributed by atoms with van der Waals surface area (Å²) in [4.78, 5) is 3.76. The Labute approximate surface area is 217 Å². The Kier molecular flexibility index (Phi) is 4.78. The minimum atomic E-state index is 0.0607. The standard InChI is InChI=1S/C36H29N/c1-36(2,3)24-20-21-28-31(22-24)33(23-12-5-4-6-13-23)26-15-7-8-16-27(26)34(28)30-18-11-17-29-25-14-9-10-19-32(25)37-35(29)30/h4-22,37H,1-3H3. The van der Waals surface area contributed by atoms with Crippen molar-refractivity contribution in [3.8, 4) is 22.3 Å². The van der Waals surface area contributed by atoms with Gasteiger partial charge in [-0.25, -0.2) is 0 Å². The number of H-pyrrole nitrogens is 1. The molecule has 1 nitrogen and oxygen atoms in total. The number of para-hydroxylation sites is 2. The lowest BCUT2D eigenvalue weighted by Crippen LogP contribution is -2.10. The molecule has 7 rings (SSSR count). The van der Waals surface area contributed by atoms with E-state index < -0.39 is 0 Å². The van der Waals surface area contributed by atoms with Gasteiger partial charge in [0.25, 0.3) is 0 Å². The molecule has 0 aliphatic heterocycles. The van der Waals surface area contributed by atoms with Crippen molar-refractivity contribution >= 4 is 43.4 Å². The van der Waals surface area contributed by atoms with Crippen LogP contribution in [0.25, 0.3) is 65.6 Å². The van der Waals surface area contributed by atoms with E-state index in [0.29, 0.717) is 0 Å². The van der Waals surface area contributed by atoms with Crippen LogP contribution < -0.4 is 0 Å².